The maximum atomic E-state index is 13.0. The summed E-state index contributed by atoms with van der Waals surface area (Å²) in [6.07, 6.45) is 3.30. The number of amides is 1. The van der Waals surface area contributed by atoms with Crippen LogP contribution in [0.3, 0.4) is 0 Å². The van der Waals surface area contributed by atoms with Crippen LogP contribution in [0.1, 0.15) is 28.8 Å². The van der Waals surface area contributed by atoms with Gasteiger partial charge in [0.2, 0.25) is 0 Å². The number of rotatable bonds is 3. The predicted molar refractivity (Wildman–Crippen MR) is 103 cm³/mol. The highest BCUT2D eigenvalue weighted by molar-refractivity contribution is 6.07. The van der Waals surface area contributed by atoms with Gasteiger partial charge in [-0.3, -0.25) is 4.79 Å². The number of fused-ring (bicyclic) bond motifs is 1. The lowest BCUT2D eigenvalue weighted by Gasteiger charge is -2.32. The summed E-state index contributed by atoms with van der Waals surface area (Å²) in [5.41, 5.74) is 2.24. The fraction of sp³-hybridized carbons (Fsp3) is 0.261. The van der Waals surface area contributed by atoms with Gasteiger partial charge in [-0.2, -0.15) is 0 Å². The Kier molecular flexibility index (Phi) is 4.51. The molecule has 1 heterocycles. The first-order valence-electron chi connectivity index (χ1n) is 9.12. The minimum atomic E-state index is 0.176. The van der Waals surface area contributed by atoms with E-state index in [2.05, 4.69) is 42.5 Å². The molecular formula is C23H23NO. The van der Waals surface area contributed by atoms with Gasteiger partial charge in [-0.25, -0.2) is 0 Å². The Morgan fingerprint density at radius 2 is 1.52 bits per heavy atom. The van der Waals surface area contributed by atoms with Crippen LogP contribution >= 0.6 is 0 Å². The van der Waals surface area contributed by atoms with Gasteiger partial charge in [0.25, 0.3) is 5.91 Å². The first-order valence-corrected chi connectivity index (χ1v) is 9.12. The minimum absolute atomic E-state index is 0.176. The predicted octanol–water partition coefficient (Wildman–Crippen LogP) is 4.93. The van der Waals surface area contributed by atoms with Crippen molar-refractivity contribution in [1.29, 1.82) is 0 Å². The van der Waals surface area contributed by atoms with E-state index in [-0.39, 0.29) is 5.91 Å². The van der Waals surface area contributed by atoms with E-state index in [9.17, 15) is 4.79 Å². The number of hydrogen-bond donors (Lipinski definition) is 0. The van der Waals surface area contributed by atoms with Crippen molar-refractivity contribution in [2.24, 2.45) is 5.92 Å². The zero-order valence-electron chi connectivity index (χ0n) is 14.4. The summed E-state index contributed by atoms with van der Waals surface area (Å²) in [7, 11) is 0. The second-order valence-electron chi connectivity index (χ2n) is 6.95. The van der Waals surface area contributed by atoms with Crippen molar-refractivity contribution in [3.8, 4) is 0 Å². The Hall–Kier alpha value is -2.61. The lowest BCUT2D eigenvalue weighted by atomic mass is 9.90. The maximum Gasteiger partial charge on any atom is 0.254 e. The third-order valence-corrected chi connectivity index (χ3v) is 5.29. The van der Waals surface area contributed by atoms with Gasteiger partial charge in [0.05, 0.1) is 0 Å². The molecule has 0 radical (unpaired) electrons. The van der Waals surface area contributed by atoms with Crippen molar-refractivity contribution in [2.75, 3.05) is 13.1 Å². The monoisotopic (exact) mass is 329 g/mol. The molecule has 126 valence electrons. The average molecular weight is 329 g/mol. The summed E-state index contributed by atoms with van der Waals surface area (Å²) in [4.78, 5) is 15.0. The molecule has 1 aliphatic rings. The Balaban J connectivity index is 1.44. The van der Waals surface area contributed by atoms with E-state index in [4.69, 9.17) is 0 Å². The van der Waals surface area contributed by atoms with Gasteiger partial charge in [0.15, 0.2) is 0 Å². The third kappa shape index (κ3) is 3.43. The lowest BCUT2D eigenvalue weighted by Crippen LogP contribution is -2.39. The highest BCUT2D eigenvalue weighted by Crippen LogP contribution is 2.25. The summed E-state index contributed by atoms with van der Waals surface area (Å²) in [5.74, 6) is 0.855. The first kappa shape index (κ1) is 15.9. The average Bonchev–Trinajstić information content (AvgIpc) is 2.68. The molecule has 1 aliphatic heterocycles. The molecule has 0 saturated carbocycles. The van der Waals surface area contributed by atoms with Crippen molar-refractivity contribution in [3.05, 3.63) is 83.9 Å². The number of carbonyl (C=O) groups excluding carboxylic acids is 1. The molecule has 0 spiro atoms. The third-order valence-electron chi connectivity index (χ3n) is 5.29. The van der Waals surface area contributed by atoms with Crippen LogP contribution in [0.25, 0.3) is 10.8 Å². The van der Waals surface area contributed by atoms with Crippen LogP contribution in [0.15, 0.2) is 72.8 Å². The highest BCUT2D eigenvalue weighted by atomic mass is 16.2. The molecular weight excluding hydrogens is 306 g/mol. The second-order valence-corrected chi connectivity index (χ2v) is 6.95. The zero-order valence-corrected chi connectivity index (χ0v) is 14.4. The molecule has 0 aliphatic carbocycles. The molecule has 3 aromatic carbocycles. The van der Waals surface area contributed by atoms with Gasteiger partial charge in [-0.1, -0.05) is 66.7 Å². The minimum Gasteiger partial charge on any atom is -0.339 e. The van der Waals surface area contributed by atoms with Gasteiger partial charge >= 0.3 is 0 Å². The normalized spacial score (nSPS) is 15.4. The topological polar surface area (TPSA) is 20.3 Å². The van der Waals surface area contributed by atoms with Gasteiger partial charge in [0, 0.05) is 18.7 Å². The Bertz CT molecular complexity index is 858. The first-order chi connectivity index (χ1) is 12.3. The van der Waals surface area contributed by atoms with Crippen LogP contribution in [0.5, 0.6) is 0 Å². The second kappa shape index (κ2) is 7.10. The fourth-order valence-electron chi connectivity index (χ4n) is 3.87. The van der Waals surface area contributed by atoms with E-state index in [1.54, 1.807) is 0 Å². The molecule has 4 rings (SSSR count). The van der Waals surface area contributed by atoms with E-state index >= 15 is 0 Å². The molecule has 1 fully saturated rings. The summed E-state index contributed by atoms with van der Waals surface area (Å²) < 4.78 is 0. The Labute approximate surface area is 149 Å². The van der Waals surface area contributed by atoms with E-state index in [1.165, 1.54) is 5.56 Å². The fourth-order valence-corrected chi connectivity index (χ4v) is 3.87. The zero-order chi connectivity index (χ0) is 17.1. The summed E-state index contributed by atoms with van der Waals surface area (Å²) in [6.45, 7) is 1.72. The molecule has 2 heteroatoms. The van der Waals surface area contributed by atoms with E-state index in [1.807, 2.05) is 35.2 Å². The molecule has 25 heavy (non-hydrogen) atoms. The molecule has 0 atom stereocenters. The molecule has 0 bridgehead atoms. The maximum absolute atomic E-state index is 13.0. The summed E-state index contributed by atoms with van der Waals surface area (Å²) >= 11 is 0. The highest BCUT2D eigenvalue weighted by Gasteiger charge is 2.24. The number of nitrogens with zero attached hydrogens (tertiary/aromatic N) is 1. The van der Waals surface area contributed by atoms with Crippen molar-refractivity contribution in [1.82, 2.24) is 4.90 Å². The van der Waals surface area contributed by atoms with Gasteiger partial charge in [-0.15, -0.1) is 0 Å². The van der Waals surface area contributed by atoms with Crippen molar-refractivity contribution in [2.45, 2.75) is 19.3 Å². The number of likely N-dealkylation sites (tertiary alicyclic amines) is 1. The number of benzene rings is 3. The summed E-state index contributed by atoms with van der Waals surface area (Å²) in [5, 5.41) is 2.19. The lowest BCUT2D eigenvalue weighted by molar-refractivity contribution is 0.0692. The number of piperidine rings is 1. The van der Waals surface area contributed by atoms with Crippen LogP contribution in [0.2, 0.25) is 0 Å². The smallest absolute Gasteiger partial charge is 0.254 e. The molecule has 0 unspecified atom stereocenters. The van der Waals surface area contributed by atoms with Crippen molar-refractivity contribution < 1.29 is 4.79 Å². The Morgan fingerprint density at radius 1 is 0.840 bits per heavy atom. The van der Waals surface area contributed by atoms with Crippen LogP contribution in [-0.2, 0) is 6.42 Å². The standard InChI is InChI=1S/C23H23NO/c25-23(22-12-6-10-20-9-4-5-11-21(20)22)24-15-13-19(14-16-24)17-18-7-2-1-3-8-18/h1-12,19H,13-17H2. The largest absolute Gasteiger partial charge is 0.339 e. The SMILES string of the molecule is O=C(c1cccc2ccccc12)N1CCC(Cc2ccccc2)CC1. The van der Waals surface area contributed by atoms with E-state index < -0.39 is 0 Å². The molecule has 1 amide bonds. The van der Waals surface area contributed by atoms with Gasteiger partial charge < -0.3 is 4.90 Å². The van der Waals surface area contributed by atoms with Crippen LogP contribution in [-0.4, -0.2) is 23.9 Å². The molecule has 0 aromatic heterocycles. The number of hydrogen-bond acceptors (Lipinski definition) is 1. The van der Waals surface area contributed by atoms with Crippen LogP contribution in [0.4, 0.5) is 0 Å². The Morgan fingerprint density at radius 3 is 2.32 bits per heavy atom. The van der Waals surface area contributed by atoms with E-state index in [0.29, 0.717) is 5.92 Å². The number of carbonyl (C=O) groups is 1. The molecule has 3 aromatic rings. The van der Waals surface area contributed by atoms with Gasteiger partial charge in [0.1, 0.15) is 0 Å². The van der Waals surface area contributed by atoms with Crippen LogP contribution in [0, 0.1) is 5.92 Å². The molecule has 1 saturated heterocycles. The molecule has 2 nitrogen and oxygen atoms in total. The van der Waals surface area contributed by atoms with Crippen molar-refractivity contribution >= 4 is 16.7 Å². The van der Waals surface area contributed by atoms with E-state index in [0.717, 1.165) is 48.7 Å². The van der Waals surface area contributed by atoms with Crippen LogP contribution < -0.4 is 0 Å². The van der Waals surface area contributed by atoms with Crippen molar-refractivity contribution in [3.63, 3.8) is 0 Å². The quantitative estimate of drug-likeness (QED) is 0.667. The molecule has 0 N–H and O–H groups in total. The summed E-state index contributed by atoms with van der Waals surface area (Å²) in [6, 6.07) is 24.8. The van der Waals surface area contributed by atoms with Gasteiger partial charge in [-0.05, 0) is 47.6 Å².